The first kappa shape index (κ1) is 8.27. The molecule has 0 aromatic carbocycles. The fraction of sp³-hybridized carbons (Fsp3) is 1.00. The zero-order valence-electron chi connectivity index (χ0n) is 5.91. The first-order valence-electron chi connectivity index (χ1n) is 3.00. The highest BCUT2D eigenvalue weighted by Gasteiger charge is 1.89. The van der Waals surface area contributed by atoms with E-state index in [9.17, 15) is 0 Å². The molecule has 0 aromatic rings. The molecule has 0 N–H and O–H groups in total. The van der Waals surface area contributed by atoms with Crippen LogP contribution in [0, 0.1) is 0 Å². The molecule has 0 bridgehead atoms. The van der Waals surface area contributed by atoms with Gasteiger partial charge < -0.3 is 4.90 Å². The van der Waals surface area contributed by atoms with Crippen molar-refractivity contribution in [3.8, 4) is 0 Å². The highest BCUT2D eigenvalue weighted by Crippen LogP contribution is 1.85. The van der Waals surface area contributed by atoms with Gasteiger partial charge in [-0.2, -0.15) is 0 Å². The van der Waals surface area contributed by atoms with Crippen LogP contribution in [0.3, 0.4) is 0 Å². The van der Waals surface area contributed by atoms with Crippen molar-refractivity contribution < 1.29 is 0 Å². The summed E-state index contributed by atoms with van der Waals surface area (Å²) in [5, 5.41) is 3.40. The van der Waals surface area contributed by atoms with E-state index in [4.69, 9.17) is 5.53 Å². The zero-order valence-corrected chi connectivity index (χ0v) is 5.91. The summed E-state index contributed by atoms with van der Waals surface area (Å²) in [5.41, 5.74) is 7.92. The van der Waals surface area contributed by atoms with Crippen molar-refractivity contribution in [3.63, 3.8) is 0 Å². The molecule has 4 nitrogen and oxygen atoms in total. The third-order valence-electron chi connectivity index (χ3n) is 0.973. The number of azide groups is 1. The molecule has 0 saturated heterocycles. The quantitative estimate of drug-likeness (QED) is 0.322. The second kappa shape index (κ2) is 5.41. The molecule has 0 amide bonds. The third-order valence-corrected chi connectivity index (χ3v) is 0.973. The van der Waals surface area contributed by atoms with Crippen LogP contribution >= 0.6 is 0 Å². The molecule has 0 spiro atoms. The van der Waals surface area contributed by atoms with Crippen LogP contribution in [0.2, 0.25) is 0 Å². The largest absolute Gasteiger partial charge is 0.301 e. The fourth-order valence-corrected chi connectivity index (χ4v) is 0.589. The minimum absolute atomic E-state index is 0.477. The van der Waals surface area contributed by atoms with Crippen LogP contribution in [-0.2, 0) is 0 Å². The van der Waals surface area contributed by atoms with Crippen LogP contribution in [-0.4, -0.2) is 25.2 Å². The van der Waals surface area contributed by atoms with Gasteiger partial charge in [-0.15, -0.1) is 0 Å². The topological polar surface area (TPSA) is 52.0 Å². The number of nitrogens with zero attached hydrogens (tertiary/aromatic N) is 4. The second-order valence-electron chi connectivity index (χ2n) is 1.95. The van der Waals surface area contributed by atoms with Gasteiger partial charge in [0.2, 0.25) is 0 Å². The minimum atomic E-state index is 0.477. The van der Waals surface area contributed by atoms with Crippen molar-refractivity contribution in [1.82, 2.24) is 4.90 Å². The highest BCUT2D eigenvalue weighted by molar-refractivity contribution is 4.47. The summed E-state index contributed by atoms with van der Waals surface area (Å²) < 4.78 is 0. The van der Waals surface area contributed by atoms with Gasteiger partial charge in [0.1, 0.15) is 0 Å². The lowest BCUT2D eigenvalue weighted by Crippen LogP contribution is -2.18. The van der Waals surface area contributed by atoms with Gasteiger partial charge in [0.15, 0.2) is 0 Å². The van der Waals surface area contributed by atoms with Crippen LogP contribution in [0.5, 0.6) is 0 Å². The molecule has 0 atom stereocenters. The van der Waals surface area contributed by atoms with E-state index in [1.54, 1.807) is 0 Å². The van der Waals surface area contributed by atoms with Gasteiger partial charge in [0.25, 0.3) is 0 Å². The summed E-state index contributed by atoms with van der Waals surface area (Å²) in [6.07, 6.45) is 1.09. The maximum atomic E-state index is 7.92. The average molecular weight is 128 g/mol. The summed E-state index contributed by atoms with van der Waals surface area (Å²) in [5.74, 6) is 0. The lowest BCUT2D eigenvalue weighted by Gasteiger charge is -2.09. The third kappa shape index (κ3) is 5.14. The summed E-state index contributed by atoms with van der Waals surface area (Å²) >= 11 is 0. The van der Waals surface area contributed by atoms with Crippen LogP contribution < -0.4 is 0 Å². The molecular formula is C5H12N4. The van der Waals surface area contributed by atoms with Crippen LogP contribution in [0.15, 0.2) is 5.11 Å². The summed E-state index contributed by atoms with van der Waals surface area (Å²) in [4.78, 5) is 4.61. The van der Waals surface area contributed by atoms with Crippen molar-refractivity contribution in [3.05, 3.63) is 10.4 Å². The van der Waals surface area contributed by atoms with Crippen molar-refractivity contribution in [2.75, 3.05) is 20.3 Å². The summed E-state index contributed by atoms with van der Waals surface area (Å²) in [6, 6.07) is 0. The van der Waals surface area contributed by atoms with Crippen molar-refractivity contribution in [2.45, 2.75) is 13.3 Å². The predicted octanol–water partition coefficient (Wildman–Crippen LogP) is 1.60. The van der Waals surface area contributed by atoms with Crippen molar-refractivity contribution in [2.24, 2.45) is 5.11 Å². The van der Waals surface area contributed by atoms with E-state index in [1.807, 2.05) is 11.9 Å². The van der Waals surface area contributed by atoms with E-state index in [1.165, 1.54) is 0 Å². The van der Waals surface area contributed by atoms with E-state index in [0.717, 1.165) is 13.0 Å². The Hall–Kier alpha value is -0.730. The van der Waals surface area contributed by atoms with E-state index < -0.39 is 0 Å². The van der Waals surface area contributed by atoms with Gasteiger partial charge in [-0.3, -0.25) is 0 Å². The van der Waals surface area contributed by atoms with Gasteiger partial charge in [-0.05, 0) is 25.5 Å². The van der Waals surface area contributed by atoms with Gasteiger partial charge in [0, 0.05) is 4.91 Å². The molecule has 4 heteroatoms. The molecule has 0 rings (SSSR count). The predicted molar refractivity (Wildman–Crippen MR) is 36.9 cm³/mol. The van der Waals surface area contributed by atoms with E-state index in [0.29, 0.717) is 6.67 Å². The maximum absolute atomic E-state index is 7.92. The number of hydrogen-bond donors (Lipinski definition) is 0. The van der Waals surface area contributed by atoms with Gasteiger partial charge >= 0.3 is 0 Å². The maximum Gasteiger partial charge on any atom is 0.0771 e. The standard InChI is InChI=1S/C5H12N4/c1-3-4-9(2)5-7-8-6/h3-5H2,1-2H3. The van der Waals surface area contributed by atoms with E-state index in [-0.39, 0.29) is 0 Å². The highest BCUT2D eigenvalue weighted by atomic mass is 15.3. The molecule has 0 unspecified atom stereocenters. The number of rotatable bonds is 4. The molecule has 0 saturated carbocycles. The normalized spacial score (nSPS) is 9.22. The van der Waals surface area contributed by atoms with Gasteiger partial charge in [0.05, 0.1) is 6.67 Å². The molecule has 9 heavy (non-hydrogen) atoms. The first-order chi connectivity index (χ1) is 4.31. The van der Waals surface area contributed by atoms with Gasteiger partial charge in [-0.1, -0.05) is 12.0 Å². The Balaban J connectivity index is 3.25. The molecule has 0 aliphatic rings. The van der Waals surface area contributed by atoms with Crippen molar-refractivity contribution >= 4 is 0 Å². The smallest absolute Gasteiger partial charge is 0.0771 e. The molecule has 0 radical (unpaired) electrons. The van der Waals surface area contributed by atoms with Crippen LogP contribution in [0.25, 0.3) is 10.4 Å². The summed E-state index contributed by atoms with van der Waals surface area (Å²) in [6.45, 7) is 3.55. The van der Waals surface area contributed by atoms with Crippen molar-refractivity contribution in [1.29, 1.82) is 0 Å². The Morgan fingerprint density at radius 1 is 1.67 bits per heavy atom. The van der Waals surface area contributed by atoms with E-state index in [2.05, 4.69) is 16.9 Å². The lowest BCUT2D eigenvalue weighted by molar-refractivity contribution is 0.345. The monoisotopic (exact) mass is 128 g/mol. The SMILES string of the molecule is CCCN(C)CN=[N+]=[N-]. The molecule has 52 valence electrons. The Bertz CT molecular complexity index is 106. The molecule has 0 aliphatic heterocycles. The van der Waals surface area contributed by atoms with E-state index >= 15 is 0 Å². The Labute approximate surface area is 55.1 Å². The Kier molecular flexibility index (Phi) is 4.97. The number of hydrogen-bond acceptors (Lipinski definition) is 2. The summed E-state index contributed by atoms with van der Waals surface area (Å²) in [7, 11) is 1.93. The lowest BCUT2D eigenvalue weighted by atomic mass is 10.5. The van der Waals surface area contributed by atoms with Crippen LogP contribution in [0.4, 0.5) is 0 Å². The van der Waals surface area contributed by atoms with Gasteiger partial charge in [-0.25, -0.2) is 0 Å². The average Bonchev–Trinajstić information content (AvgIpc) is 1.85. The second-order valence-corrected chi connectivity index (χ2v) is 1.95. The molecule has 0 heterocycles. The molecule has 0 aromatic heterocycles. The zero-order chi connectivity index (χ0) is 7.11. The van der Waals surface area contributed by atoms with Crippen LogP contribution in [0.1, 0.15) is 13.3 Å². The molecular weight excluding hydrogens is 116 g/mol. The Morgan fingerprint density at radius 2 is 2.33 bits per heavy atom. The fourth-order valence-electron chi connectivity index (χ4n) is 0.589. The minimum Gasteiger partial charge on any atom is -0.301 e. The molecule has 0 aliphatic carbocycles. The Morgan fingerprint density at radius 3 is 2.78 bits per heavy atom. The first-order valence-corrected chi connectivity index (χ1v) is 3.00. The molecule has 0 fully saturated rings.